The predicted molar refractivity (Wildman–Crippen MR) is 108 cm³/mol. The van der Waals surface area contributed by atoms with E-state index in [0.717, 1.165) is 4.47 Å². The van der Waals surface area contributed by atoms with Crippen LogP contribution in [-0.4, -0.2) is 41.3 Å². The van der Waals surface area contributed by atoms with Gasteiger partial charge in [-0.05, 0) is 63.8 Å². The zero-order valence-corrected chi connectivity index (χ0v) is 18.2. The van der Waals surface area contributed by atoms with Gasteiger partial charge in [0.05, 0.1) is 6.42 Å². The number of ether oxygens (including phenoxy) is 1. The fourth-order valence-electron chi connectivity index (χ4n) is 3.15. The molecule has 1 aromatic rings. The zero-order chi connectivity index (χ0) is 20.9. The minimum Gasteiger partial charge on any atom is -0.444 e. The molecule has 1 saturated heterocycles. The summed E-state index contributed by atoms with van der Waals surface area (Å²) in [5.41, 5.74) is 0.166. The van der Waals surface area contributed by atoms with Gasteiger partial charge in [-0.15, -0.1) is 0 Å². The maximum Gasteiger partial charge on any atom is 0.410 e. The van der Waals surface area contributed by atoms with Gasteiger partial charge in [-0.2, -0.15) is 0 Å². The van der Waals surface area contributed by atoms with Gasteiger partial charge in [0, 0.05) is 29.9 Å². The Morgan fingerprint density at radius 3 is 2.46 bits per heavy atom. The van der Waals surface area contributed by atoms with Crippen LogP contribution in [0.5, 0.6) is 0 Å². The van der Waals surface area contributed by atoms with E-state index < -0.39 is 5.60 Å². The number of carbonyl (C=O) groups is 3. The first-order valence-electron chi connectivity index (χ1n) is 9.51. The monoisotopic (exact) mass is 455 g/mol. The Morgan fingerprint density at radius 2 is 1.86 bits per heavy atom. The van der Waals surface area contributed by atoms with E-state index in [1.807, 2.05) is 20.8 Å². The van der Waals surface area contributed by atoms with Crippen LogP contribution in [0.2, 0.25) is 0 Å². The summed E-state index contributed by atoms with van der Waals surface area (Å²) in [6.45, 7) is 6.35. The lowest BCUT2D eigenvalue weighted by molar-refractivity contribution is -0.130. The smallest absolute Gasteiger partial charge is 0.410 e. The lowest BCUT2D eigenvalue weighted by atomic mass is 9.89. The van der Waals surface area contributed by atoms with Gasteiger partial charge in [-0.1, -0.05) is 15.9 Å². The van der Waals surface area contributed by atoms with Crippen LogP contribution in [-0.2, 0) is 20.7 Å². The van der Waals surface area contributed by atoms with Crippen molar-refractivity contribution < 1.29 is 23.5 Å². The predicted octanol–water partition coefficient (Wildman–Crippen LogP) is 4.70. The maximum absolute atomic E-state index is 13.3. The number of rotatable bonds is 6. The van der Waals surface area contributed by atoms with E-state index >= 15 is 0 Å². The number of ketones is 2. The van der Waals surface area contributed by atoms with Crippen LogP contribution < -0.4 is 0 Å². The standard InChI is InChI=1S/C21H27BrFNO4/c1-21(2,3)28-20(27)24-10-8-14(9-11-24)19(26)13-17(25)6-4-15-12-16(23)5-7-18(15)22/h5,7,12,14H,4,6,8-11,13H2,1-3H3. The Morgan fingerprint density at radius 1 is 1.21 bits per heavy atom. The molecule has 28 heavy (non-hydrogen) atoms. The molecule has 0 bridgehead atoms. The van der Waals surface area contributed by atoms with Gasteiger partial charge in [-0.25, -0.2) is 9.18 Å². The second-order valence-electron chi connectivity index (χ2n) is 8.16. The van der Waals surface area contributed by atoms with Crippen molar-refractivity contribution >= 4 is 33.6 Å². The van der Waals surface area contributed by atoms with Gasteiger partial charge in [0.1, 0.15) is 23.0 Å². The molecule has 0 aromatic heterocycles. The fourth-order valence-corrected chi connectivity index (χ4v) is 3.59. The molecule has 0 aliphatic carbocycles. The molecule has 1 fully saturated rings. The largest absolute Gasteiger partial charge is 0.444 e. The van der Waals surface area contributed by atoms with Crippen molar-refractivity contribution in [1.82, 2.24) is 4.90 Å². The zero-order valence-electron chi connectivity index (χ0n) is 16.6. The number of nitrogens with zero attached hydrogens (tertiary/aromatic N) is 1. The number of halogens is 2. The SMILES string of the molecule is CC(C)(C)OC(=O)N1CCC(C(=O)CC(=O)CCc2cc(F)ccc2Br)CC1. The molecule has 0 spiro atoms. The lowest BCUT2D eigenvalue weighted by Crippen LogP contribution is -2.43. The first-order valence-corrected chi connectivity index (χ1v) is 10.3. The highest BCUT2D eigenvalue weighted by atomic mass is 79.9. The summed E-state index contributed by atoms with van der Waals surface area (Å²) in [7, 11) is 0. The number of amides is 1. The van der Waals surface area contributed by atoms with Crippen LogP contribution in [0.3, 0.4) is 0 Å². The van der Waals surface area contributed by atoms with Crippen molar-refractivity contribution in [2.75, 3.05) is 13.1 Å². The number of Topliss-reactive ketones (excluding diaryl/α,β-unsaturated/α-hetero) is 2. The summed E-state index contributed by atoms with van der Waals surface area (Å²) < 4.78 is 19.4. The van der Waals surface area contributed by atoms with Crippen LogP contribution in [0.25, 0.3) is 0 Å². The highest BCUT2D eigenvalue weighted by Crippen LogP contribution is 2.23. The van der Waals surface area contributed by atoms with Crippen molar-refractivity contribution in [3.63, 3.8) is 0 Å². The van der Waals surface area contributed by atoms with Gasteiger partial charge in [0.2, 0.25) is 0 Å². The molecule has 1 aliphatic heterocycles. The van der Waals surface area contributed by atoms with Crippen molar-refractivity contribution in [2.24, 2.45) is 5.92 Å². The van der Waals surface area contributed by atoms with Crippen molar-refractivity contribution in [2.45, 2.75) is 58.5 Å². The number of aryl methyl sites for hydroxylation is 1. The molecule has 0 unspecified atom stereocenters. The molecule has 5 nitrogen and oxygen atoms in total. The molecule has 7 heteroatoms. The highest BCUT2D eigenvalue weighted by molar-refractivity contribution is 9.10. The van der Waals surface area contributed by atoms with Crippen LogP contribution in [0.15, 0.2) is 22.7 Å². The van der Waals surface area contributed by atoms with E-state index in [9.17, 15) is 18.8 Å². The number of carbonyl (C=O) groups excluding carboxylic acids is 3. The topological polar surface area (TPSA) is 63.7 Å². The molecule has 1 aromatic carbocycles. The average Bonchev–Trinajstić information content (AvgIpc) is 2.61. The third kappa shape index (κ3) is 7.00. The maximum atomic E-state index is 13.3. The van der Waals surface area contributed by atoms with Gasteiger partial charge < -0.3 is 9.64 Å². The van der Waals surface area contributed by atoms with Gasteiger partial charge in [0.15, 0.2) is 0 Å². The summed E-state index contributed by atoms with van der Waals surface area (Å²) >= 11 is 3.34. The van der Waals surface area contributed by atoms with E-state index in [-0.39, 0.29) is 42.2 Å². The average molecular weight is 456 g/mol. The molecule has 1 heterocycles. The number of hydrogen-bond donors (Lipinski definition) is 0. The first-order chi connectivity index (χ1) is 13.0. The molecule has 2 rings (SSSR count). The van der Waals surface area contributed by atoms with E-state index in [4.69, 9.17) is 4.74 Å². The van der Waals surface area contributed by atoms with Crippen molar-refractivity contribution in [3.05, 3.63) is 34.1 Å². The number of likely N-dealkylation sites (tertiary alicyclic amines) is 1. The van der Waals surface area contributed by atoms with Crippen LogP contribution in [0.4, 0.5) is 9.18 Å². The summed E-state index contributed by atoms with van der Waals surface area (Å²) in [6.07, 6.45) is 1.20. The minimum absolute atomic E-state index is 0.0767. The number of piperidine rings is 1. The quantitative estimate of drug-likeness (QED) is 0.583. The van der Waals surface area contributed by atoms with Gasteiger partial charge >= 0.3 is 6.09 Å². The second-order valence-corrected chi connectivity index (χ2v) is 9.01. The highest BCUT2D eigenvalue weighted by Gasteiger charge is 2.30. The van der Waals surface area contributed by atoms with Crippen LogP contribution >= 0.6 is 15.9 Å². The Labute approximate surface area is 173 Å². The molecule has 0 N–H and O–H groups in total. The third-order valence-electron chi connectivity index (χ3n) is 4.65. The van der Waals surface area contributed by atoms with E-state index in [2.05, 4.69) is 15.9 Å². The molecule has 0 radical (unpaired) electrons. The first kappa shape index (κ1) is 22.5. The van der Waals surface area contributed by atoms with Crippen molar-refractivity contribution in [3.8, 4) is 0 Å². The third-order valence-corrected chi connectivity index (χ3v) is 5.43. The van der Waals surface area contributed by atoms with Gasteiger partial charge in [0.25, 0.3) is 0 Å². The summed E-state index contributed by atoms with van der Waals surface area (Å²) in [6, 6.07) is 4.35. The Hall–Kier alpha value is -1.76. The Balaban J connectivity index is 1.77. The normalized spacial score (nSPS) is 15.4. The molecule has 0 saturated carbocycles. The summed E-state index contributed by atoms with van der Waals surface area (Å²) in [5, 5.41) is 0. The van der Waals surface area contributed by atoms with E-state index in [0.29, 0.717) is 37.9 Å². The summed E-state index contributed by atoms with van der Waals surface area (Å²) in [4.78, 5) is 38.3. The molecule has 0 atom stereocenters. The Kier molecular flexibility index (Phi) is 7.75. The Bertz CT molecular complexity index is 736. The molecular weight excluding hydrogens is 429 g/mol. The summed E-state index contributed by atoms with van der Waals surface area (Å²) in [5.74, 6) is -0.773. The number of hydrogen-bond acceptors (Lipinski definition) is 4. The van der Waals surface area contributed by atoms with Crippen molar-refractivity contribution in [1.29, 1.82) is 0 Å². The molecule has 1 amide bonds. The lowest BCUT2D eigenvalue weighted by Gasteiger charge is -2.32. The van der Waals surface area contributed by atoms with Crippen LogP contribution in [0.1, 0.15) is 52.0 Å². The molecule has 154 valence electrons. The minimum atomic E-state index is -0.549. The van der Waals surface area contributed by atoms with Gasteiger partial charge in [-0.3, -0.25) is 9.59 Å². The number of benzene rings is 1. The molecule has 1 aliphatic rings. The van der Waals surface area contributed by atoms with E-state index in [1.165, 1.54) is 12.1 Å². The molecular formula is C21H27BrFNO4. The second kappa shape index (κ2) is 9.63. The van der Waals surface area contributed by atoms with Crippen LogP contribution in [0, 0.1) is 11.7 Å². The fraction of sp³-hybridized carbons (Fsp3) is 0.571. The van der Waals surface area contributed by atoms with E-state index in [1.54, 1.807) is 11.0 Å².